The van der Waals surface area contributed by atoms with E-state index in [4.69, 9.17) is 18.9 Å². The fourth-order valence-electron chi connectivity index (χ4n) is 6.66. The Hall–Kier alpha value is -4.46. The molecule has 8 nitrogen and oxygen atoms in total. The molecule has 0 aliphatic heterocycles. The second-order valence-corrected chi connectivity index (χ2v) is 13.4. The van der Waals surface area contributed by atoms with Gasteiger partial charge in [0.2, 0.25) is 0 Å². The molecule has 260 valence electrons. The third kappa shape index (κ3) is 10.0. The van der Waals surface area contributed by atoms with Crippen molar-refractivity contribution in [2.45, 2.75) is 110 Å². The summed E-state index contributed by atoms with van der Waals surface area (Å²) in [6, 6.07) is 20.1. The smallest absolute Gasteiger partial charge is 0.338 e. The van der Waals surface area contributed by atoms with E-state index in [0.29, 0.717) is 79.6 Å². The molecule has 3 aromatic carbocycles. The van der Waals surface area contributed by atoms with Gasteiger partial charge < -0.3 is 18.9 Å². The first kappa shape index (κ1) is 35.8. The van der Waals surface area contributed by atoms with Gasteiger partial charge in [0.05, 0.1) is 23.0 Å². The van der Waals surface area contributed by atoms with Crippen LogP contribution in [0.2, 0.25) is 0 Å². The van der Waals surface area contributed by atoms with E-state index in [9.17, 15) is 19.2 Å². The minimum absolute atomic E-state index is 0.221. The Balaban J connectivity index is 1.02. The number of carbonyl (C=O) groups excluding carboxylic acids is 4. The lowest BCUT2D eigenvalue weighted by molar-refractivity contribution is -0.141. The van der Waals surface area contributed by atoms with E-state index in [-0.39, 0.29) is 47.9 Å². The predicted molar refractivity (Wildman–Crippen MR) is 186 cm³/mol. The topological polar surface area (TPSA) is 105 Å². The third-order valence-corrected chi connectivity index (χ3v) is 9.59. The second-order valence-electron chi connectivity index (χ2n) is 13.4. The van der Waals surface area contributed by atoms with Crippen LogP contribution in [0.1, 0.15) is 115 Å². The zero-order chi connectivity index (χ0) is 34.8. The number of carbonyl (C=O) groups is 4. The Morgan fingerprint density at radius 3 is 1.41 bits per heavy atom. The van der Waals surface area contributed by atoms with E-state index < -0.39 is 0 Å². The molecule has 5 rings (SSSR count). The summed E-state index contributed by atoms with van der Waals surface area (Å²) in [6.07, 6.45) is 8.34. The molecule has 0 saturated heterocycles. The molecule has 0 amide bonds. The van der Waals surface area contributed by atoms with Crippen molar-refractivity contribution in [3.63, 3.8) is 0 Å². The number of esters is 4. The summed E-state index contributed by atoms with van der Waals surface area (Å²) in [6.45, 7) is 6.05. The molecule has 0 heterocycles. The molecule has 49 heavy (non-hydrogen) atoms. The molecule has 0 spiro atoms. The molecule has 3 aromatic rings. The highest BCUT2D eigenvalue weighted by atomic mass is 16.6. The van der Waals surface area contributed by atoms with Crippen LogP contribution < -0.4 is 9.47 Å². The van der Waals surface area contributed by atoms with Gasteiger partial charge in [0.1, 0.15) is 23.7 Å². The van der Waals surface area contributed by atoms with Crippen LogP contribution in [-0.4, -0.2) is 36.1 Å². The Kier molecular flexibility index (Phi) is 12.6. The lowest BCUT2D eigenvalue weighted by atomic mass is 9.87. The number of rotatable bonds is 12. The minimum atomic E-state index is -0.331. The van der Waals surface area contributed by atoms with Crippen molar-refractivity contribution in [1.82, 2.24) is 0 Å². The SMILES string of the molecule is CCCc1ccc(C(=O)OC2CCC(C(=O)Oc3ccc(OC(=O)C4CCC(OC(=O)c5ccc(CCC)cc5)CC4)c(C)c3)CC2)cc1. The van der Waals surface area contributed by atoms with E-state index in [1.54, 1.807) is 18.2 Å². The standard InChI is InChI=1S/C41H48O8/c1-4-6-28-8-12-30(13-9-28)38(42)46-34-20-16-32(17-21-34)40(44)48-36-24-25-37(27(3)26-36)49-41(45)33-18-22-35(23-19-33)47-39(43)31-14-10-29(7-5-2)11-15-31/h8-15,24-26,32-35H,4-7,16-23H2,1-3H3. The van der Waals surface area contributed by atoms with Gasteiger partial charge in [-0.25, -0.2) is 9.59 Å². The first-order valence-electron chi connectivity index (χ1n) is 17.9. The zero-order valence-corrected chi connectivity index (χ0v) is 28.9. The predicted octanol–water partition coefficient (Wildman–Crippen LogP) is 8.54. The highest BCUT2D eigenvalue weighted by Gasteiger charge is 2.31. The van der Waals surface area contributed by atoms with Crippen LogP contribution in [0.4, 0.5) is 0 Å². The van der Waals surface area contributed by atoms with Crippen LogP contribution in [0.25, 0.3) is 0 Å². The van der Waals surface area contributed by atoms with Crippen LogP contribution in [0.15, 0.2) is 66.7 Å². The quantitative estimate of drug-likeness (QED) is 0.140. The van der Waals surface area contributed by atoms with Crippen LogP contribution in [0.3, 0.4) is 0 Å². The molecule has 2 aliphatic carbocycles. The highest BCUT2D eigenvalue weighted by Crippen LogP contribution is 2.32. The lowest BCUT2D eigenvalue weighted by Crippen LogP contribution is -2.30. The van der Waals surface area contributed by atoms with Crippen molar-refractivity contribution in [2.75, 3.05) is 0 Å². The molecule has 2 aliphatic rings. The van der Waals surface area contributed by atoms with Crippen molar-refractivity contribution >= 4 is 23.9 Å². The average Bonchev–Trinajstić information content (AvgIpc) is 3.11. The molecule has 0 N–H and O–H groups in total. The molecule has 0 atom stereocenters. The van der Waals surface area contributed by atoms with E-state index >= 15 is 0 Å². The number of benzene rings is 3. The molecule has 0 bridgehead atoms. The molecule has 0 unspecified atom stereocenters. The molecule has 2 saturated carbocycles. The van der Waals surface area contributed by atoms with Crippen LogP contribution >= 0.6 is 0 Å². The number of ether oxygens (including phenoxy) is 4. The van der Waals surface area contributed by atoms with Gasteiger partial charge in [-0.15, -0.1) is 0 Å². The van der Waals surface area contributed by atoms with Crippen LogP contribution in [0.5, 0.6) is 11.5 Å². The van der Waals surface area contributed by atoms with E-state index in [0.717, 1.165) is 25.7 Å². The summed E-state index contributed by atoms with van der Waals surface area (Å²) in [4.78, 5) is 51.2. The molecule has 0 aromatic heterocycles. The van der Waals surface area contributed by atoms with Gasteiger partial charge in [0.25, 0.3) is 0 Å². The van der Waals surface area contributed by atoms with Gasteiger partial charge in [-0.3, -0.25) is 9.59 Å². The summed E-state index contributed by atoms with van der Waals surface area (Å²) >= 11 is 0. The van der Waals surface area contributed by atoms with Gasteiger partial charge >= 0.3 is 23.9 Å². The lowest BCUT2D eigenvalue weighted by Gasteiger charge is -2.27. The molecule has 2 fully saturated rings. The summed E-state index contributed by atoms with van der Waals surface area (Å²) in [5.41, 5.74) is 4.17. The van der Waals surface area contributed by atoms with Crippen molar-refractivity contribution in [3.05, 3.63) is 94.5 Å². The highest BCUT2D eigenvalue weighted by molar-refractivity contribution is 5.90. The van der Waals surface area contributed by atoms with Crippen molar-refractivity contribution < 1.29 is 38.1 Å². The fraction of sp³-hybridized carbons (Fsp3) is 0.463. The summed E-state index contributed by atoms with van der Waals surface area (Å²) in [5.74, 6) is -1.02. The van der Waals surface area contributed by atoms with Gasteiger partial charge in [0, 0.05) is 0 Å². The zero-order valence-electron chi connectivity index (χ0n) is 28.9. The van der Waals surface area contributed by atoms with Crippen molar-refractivity contribution in [1.29, 1.82) is 0 Å². The number of aryl methyl sites for hydroxylation is 3. The number of hydrogen-bond acceptors (Lipinski definition) is 8. The Labute approximate surface area is 289 Å². The maximum atomic E-state index is 13.0. The maximum absolute atomic E-state index is 13.0. The maximum Gasteiger partial charge on any atom is 0.338 e. The first-order valence-corrected chi connectivity index (χ1v) is 17.9. The third-order valence-electron chi connectivity index (χ3n) is 9.59. The van der Waals surface area contributed by atoms with Crippen LogP contribution in [0, 0.1) is 18.8 Å². The van der Waals surface area contributed by atoms with E-state index in [1.165, 1.54) is 11.1 Å². The van der Waals surface area contributed by atoms with Crippen molar-refractivity contribution in [2.24, 2.45) is 11.8 Å². The Bertz CT molecular complexity index is 1580. The Morgan fingerprint density at radius 1 is 0.571 bits per heavy atom. The molecular weight excluding hydrogens is 620 g/mol. The van der Waals surface area contributed by atoms with Gasteiger partial charge in [0.15, 0.2) is 0 Å². The summed E-state index contributed by atoms with van der Waals surface area (Å²) in [7, 11) is 0. The monoisotopic (exact) mass is 668 g/mol. The summed E-state index contributed by atoms with van der Waals surface area (Å²) in [5, 5.41) is 0. The summed E-state index contributed by atoms with van der Waals surface area (Å²) < 4.78 is 22.9. The number of hydrogen-bond donors (Lipinski definition) is 0. The van der Waals surface area contributed by atoms with Crippen molar-refractivity contribution in [3.8, 4) is 11.5 Å². The van der Waals surface area contributed by atoms with Crippen LogP contribution in [-0.2, 0) is 31.9 Å². The second kappa shape index (κ2) is 17.3. The normalized spacial score (nSPS) is 20.6. The first-order chi connectivity index (χ1) is 23.7. The largest absolute Gasteiger partial charge is 0.459 e. The fourth-order valence-corrected chi connectivity index (χ4v) is 6.66. The molecule has 0 radical (unpaired) electrons. The van der Waals surface area contributed by atoms with Gasteiger partial charge in [-0.05, 0) is 130 Å². The van der Waals surface area contributed by atoms with Gasteiger partial charge in [-0.2, -0.15) is 0 Å². The molecule has 8 heteroatoms. The van der Waals surface area contributed by atoms with Gasteiger partial charge in [-0.1, -0.05) is 51.0 Å². The molecular formula is C41H48O8. The minimum Gasteiger partial charge on any atom is -0.459 e. The average molecular weight is 669 g/mol. The Morgan fingerprint density at radius 2 is 1.00 bits per heavy atom. The van der Waals surface area contributed by atoms with E-state index in [2.05, 4.69) is 13.8 Å². The van der Waals surface area contributed by atoms with E-state index in [1.807, 2.05) is 55.5 Å².